The number of alkyl halides is 1. The molecule has 6 heterocycles. The Morgan fingerprint density at radius 2 is 0.880 bits per heavy atom. The van der Waals surface area contributed by atoms with E-state index in [-0.39, 0.29) is 25.2 Å². The van der Waals surface area contributed by atoms with Gasteiger partial charge in [0.05, 0.1) is 56.8 Å². The SMILES string of the molecule is C=C1C[C@@]23CCC4[C@](C)(C(=O)OC5OC(CO)C(O)C(OC6OC(CO)C(O)C(O)C6O)C5OC(O)C(O)C(OC5OC(CO)C(O)C(O)C5O)C(O)C(C)I)CCC[C@@]4(C)[C@@H]2CC[C@]1(OC1OC(CO)C(O)C(OC2OC(CO)C(O)C(O)C2O)C1OC1OC(CO)C(O)C(O)C1O)C3. The molecule has 10 rings (SSSR count). The number of esters is 1. The largest absolute Gasteiger partial charge is 0.432 e. The van der Waals surface area contributed by atoms with Gasteiger partial charge in [-0.05, 0) is 86.5 Å². The van der Waals surface area contributed by atoms with Crippen LogP contribution in [-0.2, 0) is 66.4 Å². The lowest BCUT2D eigenvalue weighted by atomic mass is 9.41. The van der Waals surface area contributed by atoms with Gasteiger partial charge in [0.2, 0.25) is 6.29 Å². The molecule has 100 heavy (non-hydrogen) atoms. The summed E-state index contributed by atoms with van der Waals surface area (Å²) in [5, 5.41) is 251. The molecule has 6 saturated heterocycles. The fraction of sp³-hybridized carbons (Fsp3) is 0.952. The molecule has 4 saturated carbocycles. The minimum atomic E-state index is -2.65. The van der Waals surface area contributed by atoms with E-state index in [2.05, 4.69) is 13.5 Å². The van der Waals surface area contributed by atoms with Gasteiger partial charge in [-0.25, -0.2) is 0 Å². The number of ether oxygens (including phenoxy) is 13. The lowest BCUT2D eigenvalue weighted by Crippen LogP contribution is -2.68. The predicted molar refractivity (Wildman–Crippen MR) is 331 cm³/mol. The summed E-state index contributed by atoms with van der Waals surface area (Å²) < 4.78 is 77.7. The van der Waals surface area contributed by atoms with Gasteiger partial charge in [-0.1, -0.05) is 49.4 Å². The molecule has 6 aliphatic heterocycles. The third-order valence-electron chi connectivity index (χ3n) is 23.0. The van der Waals surface area contributed by atoms with Crippen LogP contribution in [0, 0.1) is 28.1 Å². The topological polar surface area (TPSA) is 602 Å². The third kappa shape index (κ3) is 15.0. The quantitative estimate of drug-likeness (QED) is 0.0107. The summed E-state index contributed by atoms with van der Waals surface area (Å²) in [5.74, 6) is -1.67. The Hall–Kier alpha value is -1.46. The molecule has 0 amide bonds. The number of hydrogen-bond donors (Lipinski definition) is 23. The molecule has 4 aliphatic carbocycles. The summed E-state index contributed by atoms with van der Waals surface area (Å²) >= 11 is 1.74. The molecule has 0 aromatic heterocycles. The minimum absolute atomic E-state index is 0.199. The molecular weight excluding hydrogens is 1460 g/mol. The van der Waals surface area contributed by atoms with Crippen molar-refractivity contribution in [3.63, 3.8) is 0 Å². The lowest BCUT2D eigenvalue weighted by molar-refractivity contribution is -0.400. The van der Waals surface area contributed by atoms with Gasteiger partial charge in [0, 0.05) is 3.92 Å². The van der Waals surface area contributed by atoms with E-state index < -0.39 is 286 Å². The number of aliphatic hydroxyl groups is 23. The van der Waals surface area contributed by atoms with Crippen LogP contribution >= 0.6 is 22.6 Å². The van der Waals surface area contributed by atoms with Gasteiger partial charge in [0.25, 0.3) is 0 Å². The highest BCUT2D eigenvalue weighted by atomic mass is 127. The van der Waals surface area contributed by atoms with Crippen molar-refractivity contribution in [3.8, 4) is 0 Å². The number of halogens is 1. The van der Waals surface area contributed by atoms with Gasteiger partial charge in [-0.15, -0.1) is 0 Å². The summed E-state index contributed by atoms with van der Waals surface area (Å²) in [7, 11) is 0. The van der Waals surface area contributed by atoms with Gasteiger partial charge in [-0.2, -0.15) is 0 Å². The molecule has 36 unspecified atom stereocenters. The Bertz CT molecular complexity index is 2690. The van der Waals surface area contributed by atoms with Gasteiger partial charge in [0.15, 0.2) is 43.8 Å². The van der Waals surface area contributed by atoms with Crippen molar-refractivity contribution in [1.82, 2.24) is 0 Å². The Balaban J connectivity index is 0.929. The van der Waals surface area contributed by atoms with Crippen LogP contribution in [0.3, 0.4) is 0 Å². The smallest absolute Gasteiger partial charge is 0.314 e. The molecule has 0 radical (unpaired) electrons. The number of fused-ring (bicyclic) bond motifs is 3. The minimum Gasteiger partial charge on any atom is -0.432 e. The molecule has 10 aliphatic rings. The summed E-state index contributed by atoms with van der Waals surface area (Å²) in [6.07, 6.45) is -63.0. The van der Waals surface area contributed by atoms with Crippen LogP contribution in [0.25, 0.3) is 0 Å². The summed E-state index contributed by atoms with van der Waals surface area (Å²) in [6, 6.07) is 0. The maximum absolute atomic E-state index is 15.6. The molecule has 41 atom stereocenters. The van der Waals surface area contributed by atoms with Gasteiger partial charge in [0.1, 0.15) is 153 Å². The van der Waals surface area contributed by atoms with E-state index in [0.717, 1.165) is 0 Å². The first-order valence-corrected chi connectivity index (χ1v) is 35.0. The maximum Gasteiger partial charge on any atom is 0.314 e. The van der Waals surface area contributed by atoms with Crippen molar-refractivity contribution in [3.05, 3.63) is 12.2 Å². The number of hydrogen-bond acceptors (Lipinski definition) is 37. The molecule has 0 aromatic rings. The highest BCUT2D eigenvalue weighted by molar-refractivity contribution is 14.1. The molecule has 578 valence electrons. The second-order valence-electron chi connectivity index (χ2n) is 29.1. The van der Waals surface area contributed by atoms with E-state index in [0.29, 0.717) is 44.1 Å². The third-order valence-corrected chi connectivity index (χ3v) is 23.8. The number of aliphatic hydroxyl groups excluding tert-OH is 23. The zero-order valence-electron chi connectivity index (χ0n) is 55.1. The molecule has 23 N–H and O–H groups in total. The van der Waals surface area contributed by atoms with Crippen LogP contribution in [0.1, 0.15) is 78.6 Å². The summed E-state index contributed by atoms with van der Waals surface area (Å²) in [4.78, 5) is 15.6. The first kappa shape index (κ1) is 81.1. The van der Waals surface area contributed by atoms with Crippen molar-refractivity contribution in [2.75, 3.05) is 39.6 Å². The average molecular weight is 1570 g/mol. The second-order valence-corrected chi connectivity index (χ2v) is 31.0. The van der Waals surface area contributed by atoms with Crippen molar-refractivity contribution < 1.29 is 184 Å². The fourth-order valence-electron chi connectivity index (χ4n) is 17.5. The molecule has 1 spiro atoms. The zero-order chi connectivity index (χ0) is 73.3. The molecule has 2 bridgehead atoms. The number of rotatable bonds is 24. The Morgan fingerprint density at radius 3 is 1.34 bits per heavy atom. The van der Waals surface area contributed by atoms with E-state index in [1.165, 1.54) is 6.92 Å². The zero-order valence-corrected chi connectivity index (χ0v) is 57.2. The normalized spacial score (nSPS) is 51.5. The summed E-state index contributed by atoms with van der Waals surface area (Å²) in [6.45, 7) is 4.18. The van der Waals surface area contributed by atoms with Gasteiger partial charge in [-0.3, -0.25) is 4.79 Å². The standard InChI is InChI=1S/C62H101IO37/c1-20-12-61-10-6-28-59(3,29(61)7-11-62(20,19-61)100-57-50(98-55-44(84)40(80)34(74)25(16-67)91-55)48(36(76)27(18-69)93-57)97-54-43(83)39(79)33(73)24(15-66)90-54)8-5-9-60(28,4)58(87)99-56-49(47(35(75)26(17-68)92-56)96-53-42(82)38(78)32(72)23(14-65)89-53)94-51(86)45(85)46(30(70)21(2)63)95-52-41(81)37(77)31(71)22(13-64)88-52/h21-57,64-86H,1,5-19H2,2-4H3/t21?,22?,23?,24?,25?,26?,27?,28?,29-,30?,31?,32?,33?,34?,35?,36?,37?,38?,39?,40?,41?,42?,43?,44?,45?,46?,47?,48?,49?,50?,51?,52?,53?,54?,55?,56?,57?,59+,60+,61+,62-/m0/s1. The summed E-state index contributed by atoms with van der Waals surface area (Å²) in [5.41, 5.74) is -3.54. The Kier molecular flexibility index (Phi) is 26.3. The number of carbonyl (C=O) groups is 1. The molecular formula is C62H101IO37. The predicted octanol–water partition coefficient (Wildman–Crippen LogP) is -10.2. The number of carbonyl (C=O) groups excluding carboxylic acids is 1. The van der Waals surface area contributed by atoms with Crippen LogP contribution in [0.5, 0.6) is 0 Å². The van der Waals surface area contributed by atoms with Crippen LogP contribution < -0.4 is 0 Å². The highest BCUT2D eigenvalue weighted by Gasteiger charge is 2.70. The Labute approximate surface area is 586 Å². The Morgan fingerprint density at radius 1 is 0.480 bits per heavy atom. The molecule has 37 nitrogen and oxygen atoms in total. The van der Waals surface area contributed by atoms with E-state index >= 15 is 4.79 Å². The van der Waals surface area contributed by atoms with Gasteiger partial charge < -0.3 is 179 Å². The molecule has 0 aromatic carbocycles. The first-order valence-electron chi connectivity index (χ1n) is 33.8. The van der Waals surface area contributed by atoms with Crippen molar-refractivity contribution in [2.45, 2.75) is 297 Å². The van der Waals surface area contributed by atoms with Crippen LogP contribution in [0.2, 0.25) is 0 Å². The fourth-order valence-corrected chi connectivity index (χ4v) is 17.9. The lowest BCUT2D eigenvalue weighted by Gasteiger charge is -2.64. The van der Waals surface area contributed by atoms with Crippen LogP contribution in [-0.4, -0.2) is 381 Å². The van der Waals surface area contributed by atoms with E-state index in [4.69, 9.17) is 61.6 Å². The molecule has 10 fully saturated rings. The second kappa shape index (κ2) is 32.4. The van der Waals surface area contributed by atoms with Crippen LogP contribution in [0.15, 0.2) is 12.2 Å². The monoisotopic (exact) mass is 1560 g/mol. The average Bonchev–Trinajstić information content (AvgIpc) is 1.50. The highest BCUT2D eigenvalue weighted by Crippen LogP contribution is 2.74. The van der Waals surface area contributed by atoms with Crippen LogP contribution in [0.4, 0.5) is 0 Å². The van der Waals surface area contributed by atoms with Crippen molar-refractivity contribution >= 4 is 28.6 Å². The molecule has 38 heteroatoms. The van der Waals surface area contributed by atoms with E-state index in [9.17, 15) is 117 Å². The van der Waals surface area contributed by atoms with E-state index in [1.54, 1.807) is 29.5 Å². The maximum atomic E-state index is 15.6. The first-order chi connectivity index (χ1) is 47.1. The van der Waals surface area contributed by atoms with Crippen molar-refractivity contribution in [1.29, 1.82) is 0 Å². The van der Waals surface area contributed by atoms with Gasteiger partial charge >= 0.3 is 5.97 Å². The van der Waals surface area contributed by atoms with Crippen molar-refractivity contribution in [2.24, 2.45) is 28.1 Å². The van der Waals surface area contributed by atoms with E-state index in [1.807, 2.05) is 0 Å².